The van der Waals surface area contributed by atoms with Crippen molar-refractivity contribution in [3.63, 3.8) is 0 Å². The molecule has 0 amide bonds. The molecule has 2 aliphatic rings. The molecule has 156 valence electrons. The highest BCUT2D eigenvalue weighted by molar-refractivity contribution is 5.33. The number of phenolic OH excluding ortho intramolecular Hbond substituents is 1. The zero-order valence-electron chi connectivity index (χ0n) is 16.9. The molecule has 2 heterocycles. The summed E-state index contributed by atoms with van der Waals surface area (Å²) in [5.41, 5.74) is 0.992. The third-order valence-corrected chi connectivity index (χ3v) is 6.35. The average molecular weight is 398 g/mol. The quantitative estimate of drug-likeness (QED) is 0.785. The second-order valence-electron chi connectivity index (χ2n) is 8.26. The van der Waals surface area contributed by atoms with E-state index >= 15 is 0 Å². The Kier molecular flexibility index (Phi) is 6.50. The van der Waals surface area contributed by atoms with Gasteiger partial charge in [0.25, 0.3) is 0 Å². The van der Waals surface area contributed by atoms with E-state index < -0.39 is 5.60 Å². The van der Waals surface area contributed by atoms with Gasteiger partial charge in [0.05, 0.1) is 18.3 Å². The van der Waals surface area contributed by atoms with Gasteiger partial charge in [-0.15, -0.1) is 0 Å². The summed E-state index contributed by atoms with van der Waals surface area (Å²) in [7, 11) is 0. The molecule has 2 atom stereocenters. The van der Waals surface area contributed by atoms with Crippen molar-refractivity contribution in [3.05, 3.63) is 65.7 Å². The molecule has 2 aromatic rings. The van der Waals surface area contributed by atoms with Crippen molar-refractivity contribution in [2.45, 2.75) is 37.5 Å². The van der Waals surface area contributed by atoms with E-state index in [1.54, 1.807) is 6.07 Å². The standard InChI is InChI=1S/C24H31NO4/c26-22-9-5-4-8-20(22)16-24(27,21-10-13-28-14-11-21)23-18-25(12-15-29-23)17-19-6-2-1-3-7-19/h1-9,21,23,26-27H,10-18H2. The van der Waals surface area contributed by atoms with Crippen LogP contribution in [0.4, 0.5) is 0 Å². The summed E-state index contributed by atoms with van der Waals surface area (Å²) in [6.07, 6.45) is 1.70. The molecule has 5 nitrogen and oxygen atoms in total. The number of phenols is 1. The van der Waals surface area contributed by atoms with Gasteiger partial charge in [0.15, 0.2) is 0 Å². The first-order valence-electron chi connectivity index (χ1n) is 10.6. The largest absolute Gasteiger partial charge is 0.508 e. The molecule has 2 aliphatic heterocycles. The van der Waals surface area contributed by atoms with E-state index in [1.165, 1.54) is 5.56 Å². The summed E-state index contributed by atoms with van der Waals surface area (Å²) in [5.74, 6) is 0.312. The summed E-state index contributed by atoms with van der Waals surface area (Å²) in [5, 5.41) is 22.3. The number of rotatable bonds is 6. The first kappa shape index (κ1) is 20.4. The van der Waals surface area contributed by atoms with E-state index in [9.17, 15) is 10.2 Å². The lowest BCUT2D eigenvalue weighted by molar-refractivity contribution is -0.181. The maximum atomic E-state index is 12.0. The number of morpholine rings is 1. The minimum absolute atomic E-state index is 0.0810. The molecule has 4 rings (SSSR count). The number of hydrogen-bond donors (Lipinski definition) is 2. The summed E-state index contributed by atoms with van der Waals surface area (Å²) >= 11 is 0. The van der Waals surface area contributed by atoms with E-state index in [1.807, 2.05) is 24.3 Å². The molecule has 0 radical (unpaired) electrons. The average Bonchev–Trinajstić information content (AvgIpc) is 2.77. The van der Waals surface area contributed by atoms with Crippen LogP contribution in [0.5, 0.6) is 5.75 Å². The van der Waals surface area contributed by atoms with Crippen molar-refractivity contribution < 1.29 is 19.7 Å². The fraction of sp³-hybridized carbons (Fsp3) is 0.500. The predicted octanol–water partition coefficient (Wildman–Crippen LogP) is 2.99. The number of nitrogens with zero attached hydrogens (tertiary/aromatic N) is 1. The molecule has 5 heteroatoms. The van der Waals surface area contributed by atoms with Gasteiger partial charge < -0.3 is 19.7 Å². The first-order valence-corrected chi connectivity index (χ1v) is 10.6. The Morgan fingerprint density at radius 2 is 1.69 bits per heavy atom. The number of para-hydroxylation sites is 1. The minimum Gasteiger partial charge on any atom is -0.508 e. The van der Waals surface area contributed by atoms with E-state index in [-0.39, 0.29) is 17.8 Å². The van der Waals surface area contributed by atoms with Crippen LogP contribution in [0.2, 0.25) is 0 Å². The smallest absolute Gasteiger partial charge is 0.118 e. The molecule has 2 aromatic carbocycles. The van der Waals surface area contributed by atoms with Gasteiger partial charge >= 0.3 is 0 Å². The topological polar surface area (TPSA) is 62.2 Å². The van der Waals surface area contributed by atoms with Gasteiger partial charge in [-0.25, -0.2) is 0 Å². The van der Waals surface area contributed by atoms with Crippen molar-refractivity contribution in [3.8, 4) is 5.75 Å². The maximum Gasteiger partial charge on any atom is 0.118 e. The highest BCUT2D eigenvalue weighted by Gasteiger charge is 2.47. The molecular formula is C24H31NO4. The van der Waals surface area contributed by atoms with Crippen LogP contribution in [0, 0.1) is 5.92 Å². The van der Waals surface area contributed by atoms with E-state index in [2.05, 4.69) is 29.2 Å². The van der Waals surface area contributed by atoms with Crippen LogP contribution in [0.15, 0.2) is 54.6 Å². The van der Waals surface area contributed by atoms with Crippen molar-refractivity contribution in [1.82, 2.24) is 4.90 Å². The van der Waals surface area contributed by atoms with Gasteiger partial charge in [0, 0.05) is 39.3 Å². The molecule has 0 aliphatic carbocycles. The third kappa shape index (κ3) is 4.81. The van der Waals surface area contributed by atoms with E-state index in [4.69, 9.17) is 9.47 Å². The second-order valence-corrected chi connectivity index (χ2v) is 8.26. The molecule has 0 bridgehead atoms. The highest BCUT2D eigenvalue weighted by atomic mass is 16.5. The molecule has 2 unspecified atom stereocenters. The van der Waals surface area contributed by atoms with Crippen molar-refractivity contribution >= 4 is 0 Å². The third-order valence-electron chi connectivity index (χ3n) is 6.35. The van der Waals surface area contributed by atoms with E-state index in [0.29, 0.717) is 32.8 Å². The Labute approximate surface area is 172 Å². The molecule has 2 saturated heterocycles. The van der Waals surface area contributed by atoms with Crippen LogP contribution in [-0.4, -0.2) is 59.7 Å². The summed E-state index contributed by atoms with van der Waals surface area (Å²) in [4.78, 5) is 2.36. The summed E-state index contributed by atoms with van der Waals surface area (Å²) < 4.78 is 11.7. The Hall–Kier alpha value is -1.92. The van der Waals surface area contributed by atoms with E-state index in [0.717, 1.165) is 31.5 Å². The maximum absolute atomic E-state index is 12.0. The van der Waals surface area contributed by atoms with Gasteiger partial charge in [-0.2, -0.15) is 0 Å². The molecule has 29 heavy (non-hydrogen) atoms. The first-order chi connectivity index (χ1) is 14.1. The lowest BCUT2D eigenvalue weighted by Crippen LogP contribution is -2.59. The van der Waals surface area contributed by atoms with Gasteiger partial charge in [-0.05, 0) is 36.0 Å². The van der Waals surface area contributed by atoms with Crippen molar-refractivity contribution in [1.29, 1.82) is 0 Å². The van der Waals surface area contributed by atoms with Crippen LogP contribution < -0.4 is 0 Å². The normalized spacial score (nSPS) is 23.6. The second kappa shape index (κ2) is 9.26. The monoisotopic (exact) mass is 397 g/mol. The van der Waals surface area contributed by atoms with Crippen LogP contribution in [0.3, 0.4) is 0 Å². The van der Waals surface area contributed by atoms with Crippen LogP contribution in [0.1, 0.15) is 24.0 Å². The summed E-state index contributed by atoms with van der Waals surface area (Å²) in [6, 6.07) is 17.7. The number of hydrogen-bond acceptors (Lipinski definition) is 5. The van der Waals surface area contributed by atoms with Gasteiger partial charge in [-0.3, -0.25) is 4.90 Å². The number of aromatic hydroxyl groups is 1. The molecular weight excluding hydrogens is 366 g/mol. The molecule has 2 N–H and O–H groups in total. The Morgan fingerprint density at radius 1 is 0.966 bits per heavy atom. The van der Waals surface area contributed by atoms with Gasteiger partial charge in [0.1, 0.15) is 5.75 Å². The summed E-state index contributed by atoms with van der Waals surface area (Å²) in [6.45, 7) is 4.30. The number of aliphatic hydroxyl groups is 1. The van der Waals surface area contributed by atoms with Gasteiger partial charge in [-0.1, -0.05) is 48.5 Å². The van der Waals surface area contributed by atoms with Crippen LogP contribution in [0.25, 0.3) is 0 Å². The lowest BCUT2D eigenvalue weighted by atomic mass is 9.73. The van der Waals surface area contributed by atoms with Crippen molar-refractivity contribution in [2.24, 2.45) is 5.92 Å². The lowest BCUT2D eigenvalue weighted by Gasteiger charge is -2.47. The minimum atomic E-state index is -1.04. The predicted molar refractivity (Wildman–Crippen MR) is 112 cm³/mol. The molecule has 0 saturated carbocycles. The van der Waals surface area contributed by atoms with Crippen LogP contribution in [-0.2, 0) is 22.4 Å². The fourth-order valence-electron chi connectivity index (χ4n) is 4.67. The molecule has 0 aromatic heterocycles. The highest BCUT2D eigenvalue weighted by Crippen LogP contribution is 2.37. The Balaban J connectivity index is 1.55. The fourth-order valence-corrected chi connectivity index (χ4v) is 4.67. The Bertz CT molecular complexity index is 777. The van der Waals surface area contributed by atoms with Crippen LogP contribution >= 0.6 is 0 Å². The van der Waals surface area contributed by atoms with Gasteiger partial charge in [0.2, 0.25) is 0 Å². The molecule has 0 spiro atoms. The SMILES string of the molecule is Oc1ccccc1CC(O)(C1CCOCC1)C1CN(Cc2ccccc2)CCO1. The number of ether oxygens (including phenoxy) is 2. The van der Waals surface area contributed by atoms with Crippen molar-refractivity contribution in [2.75, 3.05) is 32.9 Å². The zero-order chi connectivity index (χ0) is 20.1. The molecule has 2 fully saturated rings. The Morgan fingerprint density at radius 3 is 2.45 bits per heavy atom. The zero-order valence-corrected chi connectivity index (χ0v) is 16.9. The number of benzene rings is 2.